The van der Waals surface area contributed by atoms with Crippen LogP contribution in [0.25, 0.3) is 5.69 Å². The van der Waals surface area contributed by atoms with Crippen LogP contribution in [0.15, 0.2) is 54.6 Å². The van der Waals surface area contributed by atoms with E-state index in [0.29, 0.717) is 24.5 Å². The van der Waals surface area contributed by atoms with Crippen molar-refractivity contribution in [3.05, 3.63) is 77.0 Å². The number of anilines is 1. The van der Waals surface area contributed by atoms with Gasteiger partial charge in [-0.05, 0) is 55.8 Å². The quantitative estimate of drug-likeness (QED) is 0.433. The largest absolute Gasteiger partial charge is 0.328 e. The normalized spacial score (nSPS) is 12.1. The minimum Gasteiger partial charge on any atom is -0.328 e. The molecule has 2 amide bonds. The van der Waals surface area contributed by atoms with Crippen LogP contribution in [0.1, 0.15) is 68.7 Å². The third-order valence-corrected chi connectivity index (χ3v) is 6.53. The highest BCUT2D eigenvalue weighted by Crippen LogP contribution is 2.27. The Kier molecular flexibility index (Phi) is 8.82. The Morgan fingerprint density at radius 1 is 0.895 bits per heavy atom. The summed E-state index contributed by atoms with van der Waals surface area (Å²) in [6, 6.07) is 17.6. The molecule has 0 aliphatic rings. The van der Waals surface area contributed by atoms with E-state index in [1.54, 1.807) is 9.58 Å². The van der Waals surface area contributed by atoms with Crippen molar-refractivity contribution in [1.82, 2.24) is 19.6 Å². The molecule has 0 spiro atoms. The highest BCUT2D eigenvalue weighted by Gasteiger charge is 2.24. The molecule has 3 rings (SSSR count). The SMILES string of the molecule is Cc1ccccc1-n1nc(C(C)(C)C)cc1NC(=O)CN(CCN(C)C)C(=O)c1ccc(C(C)(C)C)cc1. The number of amides is 2. The maximum absolute atomic E-state index is 13.5. The van der Waals surface area contributed by atoms with Gasteiger partial charge in [0.25, 0.3) is 5.91 Å². The molecule has 0 aliphatic carbocycles. The molecule has 38 heavy (non-hydrogen) atoms. The molecule has 0 bridgehead atoms. The molecule has 1 N–H and O–H groups in total. The summed E-state index contributed by atoms with van der Waals surface area (Å²) in [6.07, 6.45) is 0. The van der Waals surface area contributed by atoms with Gasteiger partial charge in [0, 0.05) is 30.1 Å². The number of nitrogens with one attached hydrogen (secondary N) is 1. The third kappa shape index (κ3) is 7.32. The molecule has 0 fully saturated rings. The third-order valence-electron chi connectivity index (χ3n) is 6.53. The monoisotopic (exact) mass is 517 g/mol. The summed E-state index contributed by atoms with van der Waals surface area (Å²) in [5.41, 5.74) is 4.36. The van der Waals surface area contributed by atoms with Crippen LogP contribution in [0.4, 0.5) is 5.82 Å². The van der Waals surface area contributed by atoms with E-state index >= 15 is 0 Å². The predicted molar refractivity (Wildman–Crippen MR) is 155 cm³/mol. The zero-order chi connectivity index (χ0) is 28.3. The Bertz CT molecular complexity index is 1260. The first-order valence-electron chi connectivity index (χ1n) is 13.2. The van der Waals surface area contributed by atoms with Crippen LogP contribution in [0, 0.1) is 6.92 Å². The standard InChI is InChI=1S/C31H43N5O2/c1-22-12-10-11-13-25(22)36-27(20-26(33-36)31(5,6)7)32-28(37)21-35(19-18-34(8)9)29(38)23-14-16-24(17-15-23)30(2,3)4/h10-17,20H,18-19,21H2,1-9H3,(H,32,37). The minimum atomic E-state index is -0.265. The second-order valence-corrected chi connectivity index (χ2v) is 12.3. The number of rotatable bonds is 8. The van der Waals surface area contributed by atoms with Gasteiger partial charge in [-0.15, -0.1) is 0 Å². The zero-order valence-electron chi connectivity index (χ0n) is 24.4. The highest BCUT2D eigenvalue weighted by molar-refractivity contribution is 5.99. The van der Waals surface area contributed by atoms with Gasteiger partial charge < -0.3 is 15.1 Å². The highest BCUT2D eigenvalue weighted by atomic mass is 16.2. The van der Waals surface area contributed by atoms with Crippen molar-refractivity contribution in [2.24, 2.45) is 0 Å². The number of carbonyl (C=O) groups is 2. The molecule has 0 unspecified atom stereocenters. The molecule has 1 heterocycles. The van der Waals surface area contributed by atoms with Crippen molar-refractivity contribution in [1.29, 1.82) is 0 Å². The Morgan fingerprint density at radius 2 is 1.53 bits per heavy atom. The van der Waals surface area contributed by atoms with Crippen LogP contribution in [0.3, 0.4) is 0 Å². The van der Waals surface area contributed by atoms with Crippen molar-refractivity contribution < 1.29 is 9.59 Å². The molecule has 0 aliphatic heterocycles. The maximum Gasteiger partial charge on any atom is 0.254 e. The van der Waals surface area contributed by atoms with E-state index < -0.39 is 0 Å². The van der Waals surface area contributed by atoms with E-state index in [4.69, 9.17) is 5.10 Å². The Morgan fingerprint density at radius 3 is 2.08 bits per heavy atom. The molecule has 3 aromatic rings. The van der Waals surface area contributed by atoms with E-state index in [1.807, 2.05) is 80.5 Å². The lowest BCUT2D eigenvalue weighted by Crippen LogP contribution is -2.41. The van der Waals surface area contributed by atoms with Crippen LogP contribution < -0.4 is 5.32 Å². The smallest absolute Gasteiger partial charge is 0.254 e. The second kappa shape index (κ2) is 11.5. The van der Waals surface area contributed by atoms with Crippen LogP contribution in [-0.4, -0.2) is 65.1 Å². The Balaban J connectivity index is 1.87. The number of carbonyl (C=O) groups excluding carboxylic acids is 2. The lowest BCUT2D eigenvalue weighted by molar-refractivity contribution is -0.117. The van der Waals surface area contributed by atoms with Gasteiger partial charge in [0.1, 0.15) is 12.4 Å². The van der Waals surface area contributed by atoms with Crippen LogP contribution in [0.2, 0.25) is 0 Å². The molecular weight excluding hydrogens is 474 g/mol. The van der Waals surface area contributed by atoms with Crippen molar-refractivity contribution in [3.63, 3.8) is 0 Å². The summed E-state index contributed by atoms with van der Waals surface area (Å²) in [7, 11) is 3.91. The summed E-state index contributed by atoms with van der Waals surface area (Å²) >= 11 is 0. The summed E-state index contributed by atoms with van der Waals surface area (Å²) in [5.74, 6) is 0.160. The zero-order valence-corrected chi connectivity index (χ0v) is 24.4. The van der Waals surface area contributed by atoms with Crippen molar-refractivity contribution >= 4 is 17.6 Å². The van der Waals surface area contributed by atoms with Crippen molar-refractivity contribution in [2.75, 3.05) is 39.0 Å². The van der Waals surface area contributed by atoms with Crippen LogP contribution in [0.5, 0.6) is 0 Å². The number of hydrogen-bond donors (Lipinski definition) is 1. The van der Waals surface area contributed by atoms with Gasteiger partial charge in [-0.25, -0.2) is 4.68 Å². The molecule has 0 saturated heterocycles. The number of aromatic nitrogens is 2. The fraction of sp³-hybridized carbons (Fsp3) is 0.452. The number of hydrogen-bond acceptors (Lipinski definition) is 4. The number of aryl methyl sites for hydroxylation is 1. The van der Waals surface area contributed by atoms with E-state index in [2.05, 4.69) is 46.9 Å². The molecule has 0 saturated carbocycles. The van der Waals surface area contributed by atoms with Gasteiger partial charge in [0.05, 0.1) is 11.4 Å². The van der Waals surface area contributed by atoms with Gasteiger partial charge in [0.15, 0.2) is 0 Å². The average molecular weight is 518 g/mol. The Labute approximate surface area is 227 Å². The van der Waals surface area contributed by atoms with Crippen LogP contribution in [-0.2, 0) is 15.6 Å². The lowest BCUT2D eigenvalue weighted by Gasteiger charge is -2.25. The van der Waals surface area contributed by atoms with Gasteiger partial charge in [0.2, 0.25) is 5.91 Å². The van der Waals surface area contributed by atoms with Gasteiger partial charge in [-0.1, -0.05) is 71.9 Å². The average Bonchev–Trinajstić information content (AvgIpc) is 3.25. The molecule has 1 aromatic heterocycles. The summed E-state index contributed by atoms with van der Waals surface area (Å²) < 4.78 is 1.78. The fourth-order valence-corrected chi connectivity index (χ4v) is 4.05. The van der Waals surface area contributed by atoms with E-state index in [-0.39, 0.29) is 29.2 Å². The second-order valence-electron chi connectivity index (χ2n) is 12.3. The maximum atomic E-state index is 13.5. The molecule has 0 radical (unpaired) electrons. The molecule has 7 heteroatoms. The molecular formula is C31H43N5O2. The predicted octanol–water partition coefficient (Wildman–Crippen LogP) is 5.42. The summed E-state index contributed by atoms with van der Waals surface area (Å²) in [4.78, 5) is 30.5. The van der Waals surface area contributed by atoms with E-state index in [0.717, 1.165) is 22.5 Å². The number of likely N-dealkylation sites (N-methyl/N-ethyl adjacent to an activating group) is 1. The number of benzene rings is 2. The Hall–Kier alpha value is -3.45. The number of nitrogens with zero attached hydrogens (tertiary/aromatic N) is 4. The van der Waals surface area contributed by atoms with Crippen molar-refractivity contribution in [3.8, 4) is 5.69 Å². The van der Waals surface area contributed by atoms with Crippen molar-refractivity contribution in [2.45, 2.75) is 59.3 Å². The van der Waals surface area contributed by atoms with Gasteiger partial charge in [-0.3, -0.25) is 9.59 Å². The van der Waals surface area contributed by atoms with E-state index in [9.17, 15) is 9.59 Å². The summed E-state index contributed by atoms with van der Waals surface area (Å²) in [5, 5.41) is 7.87. The lowest BCUT2D eigenvalue weighted by atomic mass is 9.86. The first kappa shape index (κ1) is 29.1. The minimum absolute atomic E-state index is 0.00195. The summed E-state index contributed by atoms with van der Waals surface area (Å²) in [6.45, 7) is 15.8. The molecule has 204 valence electrons. The molecule has 2 aromatic carbocycles. The van der Waals surface area contributed by atoms with Crippen LogP contribution >= 0.6 is 0 Å². The number of para-hydroxylation sites is 1. The fourth-order valence-electron chi connectivity index (χ4n) is 4.05. The first-order chi connectivity index (χ1) is 17.7. The van der Waals surface area contributed by atoms with Gasteiger partial charge in [-0.2, -0.15) is 5.10 Å². The first-order valence-corrected chi connectivity index (χ1v) is 13.2. The molecule has 0 atom stereocenters. The topological polar surface area (TPSA) is 70.5 Å². The molecule has 7 nitrogen and oxygen atoms in total. The van der Waals surface area contributed by atoms with Gasteiger partial charge >= 0.3 is 0 Å². The van der Waals surface area contributed by atoms with E-state index in [1.165, 1.54) is 0 Å².